The molecule has 2 atom stereocenters. The van der Waals surface area contributed by atoms with Crippen molar-refractivity contribution in [2.75, 3.05) is 0 Å². The molecule has 0 bridgehead atoms. The molecule has 1 aliphatic rings. The quantitative estimate of drug-likeness (QED) is 0.828. The smallest absolute Gasteiger partial charge is 0.0617 e. The molecule has 0 radical (unpaired) electrons. The molecule has 1 heterocycles. The van der Waals surface area contributed by atoms with Gasteiger partial charge in [-0.05, 0) is 40.3 Å². The zero-order chi connectivity index (χ0) is 8.55. The number of rotatable bonds is 1. The van der Waals surface area contributed by atoms with Crippen LogP contribution < -0.4 is 0 Å². The topological polar surface area (TPSA) is 33.1 Å². The lowest BCUT2D eigenvalue weighted by molar-refractivity contribution is 0.165. The van der Waals surface area contributed by atoms with Crippen LogP contribution >= 0.6 is 27.5 Å². The average molecular weight is 248 g/mol. The second-order valence-electron chi connectivity index (χ2n) is 3.14. The van der Waals surface area contributed by atoms with Crippen LogP contribution in [0.15, 0.2) is 10.7 Å². The fraction of sp³-hybridized carbons (Fsp3) is 0.625. The summed E-state index contributed by atoms with van der Waals surface area (Å²) in [6.45, 7) is 0. The lowest BCUT2D eigenvalue weighted by atomic mass is 10.0. The zero-order valence-corrected chi connectivity index (χ0v) is 8.94. The maximum atomic E-state index is 9.64. The zero-order valence-electron chi connectivity index (χ0n) is 6.53. The Morgan fingerprint density at radius 2 is 2.42 bits per heavy atom. The minimum Gasteiger partial charge on any atom is -0.392 e. The monoisotopic (exact) mass is 247 g/mol. The third-order valence-corrected chi connectivity index (χ3v) is 4.19. The molecule has 2 nitrogen and oxygen atoms in total. The van der Waals surface area contributed by atoms with Gasteiger partial charge in [0.05, 0.1) is 16.8 Å². The number of nitrogens with zero attached hydrogens (tertiary/aromatic N) is 1. The van der Waals surface area contributed by atoms with Crippen LogP contribution in [0.4, 0.5) is 0 Å². The summed E-state index contributed by atoms with van der Waals surface area (Å²) < 4.78 is 5.14. The molecule has 0 aliphatic heterocycles. The first-order valence-corrected chi connectivity index (χ1v) is 5.64. The van der Waals surface area contributed by atoms with Crippen molar-refractivity contribution in [3.8, 4) is 0 Å². The third kappa shape index (κ3) is 1.43. The van der Waals surface area contributed by atoms with Crippen LogP contribution in [0, 0.1) is 0 Å². The number of hydrogen-bond acceptors (Lipinski definition) is 3. The van der Waals surface area contributed by atoms with E-state index < -0.39 is 0 Å². The first kappa shape index (κ1) is 8.66. The van der Waals surface area contributed by atoms with Crippen molar-refractivity contribution in [3.05, 3.63) is 15.5 Å². The highest BCUT2D eigenvalue weighted by atomic mass is 79.9. The van der Waals surface area contributed by atoms with Gasteiger partial charge in [-0.1, -0.05) is 6.42 Å². The Morgan fingerprint density at radius 1 is 1.58 bits per heavy atom. The van der Waals surface area contributed by atoms with Gasteiger partial charge in [0.1, 0.15) is 0 Å². The van der Waals surface area contributed by atoms with Gasteiger partial charge >= 0.3 is 0 Å². The molecule has 1 aromatic heterocycles. The summed E-state index contributed by atoms with van der Waals surface area (Å²) in [4.78, 5) is 1.21. The predicted molar refractivity (Wildman–Crippen MR) is 52.4 cm³/mol. The minimum atomic E-state index is -0.151. The molecule has 0 amide bonds. The van der Waals surface area contributed by atoms with E-state index in [1.54, 1.807) is 0 Å². The van der Waals surface area contributed by atoms with Gasteiger partial charge in [-0.15, -0.1) is 0 Å². The lowest BCUT2D eigenvalue weighted by Crippen LogP contribution is -2.09. The molecule has 4 heteroatoms. The van der Waals surface area contributed by atoms with Gasteiger partial charge < -0.3 is 5.11 Å². The van der Waals surface area contributed by atoms with E-state index in [2.05, 4.69) is 20.3 Å². The van der Waals surface area contributed by atoms with E-state index in [0.717, 1.165) is 23.7 Å². The van der Waals surface area contributed by atoms with Gasteiger partial charge in [0.15, 0.2) is 0 Å². The Hall–Kier alpha value is 0.0700. The number of aliphatic hydroxyl groups excluding tert-OH is 1. The second kappa shape index (κ2) is 3.44. The number of halogens is 1. The molecule has 2 rings (SSSR count). The highest BCUT2D eigenvalue weighted by Crippen LogP contribution is 2.39. The molecular weight excluding hydrogens is 238 g/mol. The lowest BCUT2D eigenvalue weighted by Gasteiger charge is -2.11. The molecule has 0 aromatic carbocycles. The maximum absolute atomic E-state index is 9.64. The van der Waals surface area contributed by atoms with E-state index in [0.29, 0.717) is 5.92 Å². The highest BCUT2D eigenvalue weighted by molar-refractivity contribution is 9.10. The van der Waals surface area contributed by atoms with E-state index in [4.69, 9.17) is 0 Å². The van der Waals surface area contributed by atoms with Crippen molar-refractivity contribution in [1.82, 2.24) is 4.37 Å². The Bertz CT molecular complexity index is 276. The van der Waals surface area contributed by atoms with Gasteiger partial charge in [-0.25, -0.2) is 0 Å². The number of aromatic nitrogens is 1. The Balaban J connectivity index is 2.24. The average Bonchev–Trinajstić information content (AvgIpc) is 2.59. The molecule has 1 saturated carbocycles. The Labute approximate surface area is 83.9 Å². The van der Waals surface area contributed by atoms with Crippen molar-refractivity contribution in [2.45, 2.75) is 31.3 Å². The Morgan fingerprint density at radius 3 is 2.92 bits per heavy atom. The number of hydrogen-bond donors (Lipinski definition) is 1. The fourth-order valence-corrected chi connectivity index (χ4v) is 3.30. The van der Waals surface area contributed by atoms with Crippen LogP contribution in [0.25, 0.3) is 0 Å². The Kier molecular flexibility index (Phi) is 2.48. The van der Waals surface area contributed by atoms with Crippen molar-refractivity contribution in [2.24, 2.45) is 0 Å². The summed E-state index contributed by atoms with van der Waals surface area (Å²) in [6.07, 6.45) is 4.83. The van der Waals surface area contributed by atoms with Crippen LogP contribution in [0.5, 0.6) is 0 Å². The van der Waals surface area contributed by atoms with Crippen LogP contribution in [-0.4, -0.2) is 15.6 Å². The van der Waals surface area contributed by atoms with E-state index >= 15 is 0 Å². The summed E-state index contributed by atoms with van der Waals surface area (Å²) in [6, 6.07) is 0. The molecule has 0 spiro atoms. The molecule has 1 N–H and O–H groups in total. The summed E-state index contributed by atoms with van der Waals surface area (Å²) in [7, 11) is 0. The summed E-state index contributed by atoms with van der Waals surface area (Å²) in [5.41, 5.74) is 0. The van der Waals surface area contributed by atoms with Gasteiger partial charge in [0.25, 0.3) is 0 Å². The van der Waals surface area contributed by atoms with Crippen LogP contribution in [0.3, 0.4) is 0 Å². The highest BCUT2D eigenvalue weighted by Gasteiger charge is 2.29. The predicted octanol–water partition coefficient (Wildman–Crippen LogP) is 2.53. The summed E-state index contributed by atoms with van der Waals surface area (Å²) in [5.74, 6) is 0.326. The summed E-state index contributed by atoms with van der Waals surface area (Å²) in [5, 5.41) is 9.64. The van der Waals surface area contributed by atoms with Gasteiger partial charge in [0, 0.05) is 10.8 Å². The van der Waals surface area contributed by atoms with E-state index in [1.807, 2.05) is 6.20 Å². The second-order valence-corrected chi connectivity index (χ2v) is 4.83. The summed E-state index contributed by atoms with van der Waals surface area (Å²) >= 11 is 4.93. The molecular formula is C8H10BrNOS. The van der Waals surface area contributed by atoms with E-state index in [1.165, 1.54) is 16.4 Å². The van der Waals surface area contributed by atoms with Crippen LogP contribution in [0.1, 0.15) is 30.1 Å². The molecule has 12 heavy (non-hydrogen) atoms. The van der Waals surface area contributed by atoms with Crippen molar-refractivity contribution < 1.29 is 5.11 Å². The first-order valence-electron chi connectivity index (χ1n) is 4.07. The van der Waals surface area contributed by atoms with Crippen LogP contribution in [-0.2, 0) is 0 Å². The standard InChI is InChI=1S/C8H10BrNOS/c9-6-4-10-12-8(6)5-2-1-3-7(5)11/h4-5,7,11H,1-3H2/t5-,7-/m1/s1. The molecule has 1 fully saturated rings. The van der Waals surface area contributed by atoms with Gasteiger partial charge in [0.2, 0.25) is 0 Å². The van der Waals surface area contributed by atoms with Crippen molar-refractivity contribution >= 4 is 27.5 Å². The van der Waals surface area contributed by atoms with E-state index in [9.17, 15) is 5.11 Å². The van der Waals surface area contributed by atoms with E-state index in [-0.39, 0.29) is 6.10 Å². The molecule has 1 aromatic rings. The van der Waals surface area contributed by atoms with Gasteiger partial charge in [-0.2, -0.15) is 4.37 Å². The molecule has 66 valence electrons. The SMILES string of the molecule is O[C@@H]1CCC[C@H]1c1sncc1Br. The number of aliphatic hydroxyl groups is 1. The molecule has 0 saturated heterocycles. The van der Waals surface area contributed by atoms with Gasteiger partial charge in [-0.3, -0.25) is 0 Å². The van der Waals surface area contributed by atoms with Crippen molar-refractivity contribution in [1.29, 1.82) is 0 Å². The minimum absolute atomic E-state index is 0.151. The normalized spacial score (nSPS) is 29.5. The third-order valence-electron chi connectivity index (χ3n) is 2.37. The van der Waals surface area contributed by atoms with Crippen molar-refractivity contribution in [3.63, 3.8) is 0 Å². The largest absolute Gasteiger partial charge is 0.392 e. The molecule has 0 unspecified atom stereocenters. The fourth-order valence-electron chi connectivity index (χ4n) is 1.73. The van der Waals surface area contributed by atoms with Crippen LogP contribution in [0.2, 0.25) is 0 Å². The maximum Gasteiger partial charge on any atom is 0.0617 e. The first-order chi connectivity index (χ1) is 5.79. The molecule has 1 aliphatic carbocycles.